The maximum atomic E-state index is 11.7. The summed E-state index contributed by atoms with van der Waals surface area (Å²) in [6.07, 6.45) is 6.28. The lowest BCUT2D eigenvalue weighted by molar-refractivity contribution is -0.116. The van der Waals surface area contributed by atoms with Crippen molar-refractivity contribution in [1.29, 1.82) is 0 Å². The number of carbonyl (C=O) groups excluding carboxylic acids is 1. The molecule has 0 spiro atoms. The number of hydrogen-bond acceptors (Lipinski definition) is 5. The van der Waals surface area contributed by atoms with E-state index in [-0.39, 0.29) is 5.91 Å². The molecule has 2 rings (SSSR count). The molecule has 1 heterocycles. The van der Waals surface area contributed by atoms with Crippen molar-refractivity contribution in [3.05, 3.63) is 42.9 Å². The lowest BCUT2D eigenvalue weighted by Crippen LogP contribution is -2.11. The van der Waals surface area contributed by atoms with Gasteiger partial charge in [-0.15, -0.1) is 11.8 Å². The molecule has 104 valence electrons. The van der Waals surface area contributed by atoms with Gasteiger partial charge in [0, 0.05) is 35.9 Å². The first-order valence-corrected chi connectivity index (χ1v) is 7.27. The van der Waals surface area contributed by atoms with E-state index >= 15 is 0 Å². The first-order valence-electron chi connectivity index (χ1n) is 6.28. The number of thioether (sulfide) groups is 1. The average Bonchev–Trinajstić information content (AvgIpc) is 2.45. The number of anilines is 2. The van der Waals surface area contributed by atoms with Gasteiger partial charge in [-0.05, 0) is 24.6 Å². The van der Waals surface area contributed by atoms with Crippen molar-refractivity contribution in [3.8, 4) is 0 Å². The minimum absolute atomic E-state index is 0.00431. The van der Waals surface area contributed by atoms with Crippen LogP contribution in [0.15, 0.2) is 47.9 Å². The third-order valence-electron chi connectivity index (χ3n) is 2.51. The van der Waals surface area contributed by atoms with E-state index in [2.05, 4.69) is 15.3 Å². The summed E-state index contributed by atoms with van der Waals surface area (Å²) in [5.41, 5.74) is 7.03. The van der Waals surface area contributed by atoms with Crippen molar-refractivity contribution < 1.29 is 4.79 Å². The van der Waals surface area contributed by atoms with Crippen LogP contribution in [-0.2, 0) is 4.79 Å². The molecule has 20 heavy (non-hydrogen) atoms. The van der Waals surface area contributed by atoms with E-state index in [4.69, 9.17) is 5.73 Å². The van der Waals surface area contributed by atoms with Crippen LogP contribution in [-0.4, -0.2) is 21.6 Å². The Morgan fingerprint density at radius 1 is 1.35 bits per heavy atom. The number of nitrogens with zero attached hydrogens (tertiary/aromatic N) is 2. The molecule has 0 aliphatic heterocycles. The van der Waals surface area contributed by atoms with Crippen molar-refractivity contribution in [2.24, 2.45) is 0 Å². The summed E-state index contributed by atoms with van der Waals surface area (Å²) in [5.74, 6) is 0.832. The normalized spacial score (nSPS) is 10.2. The molecule has 5 nitrogen and oxygen atoms in total. The highest BCUT2D eigenvalue weighted by Gasteiger charge is 2.03. The van der Waals surface area contributed by atoms with E-state index < -0.39 is 0 Å². The zero-order valence-electron chi connectivity index (χ0n) is 11.0. The second-order valence-corrected chi connectivity index (χ2v) is 5.28. The lowest BCUT2D eigenvalue weighted by Gasteiger charge is -2.05. The number of hydrogen-bond donors (Lipinski definition) is 2. The molecular weight excluding hydrogens is 272 g/mol. The van der Waals surface area contributed by atoms with Gasteiger partial charge in [-0.3, -0.25) is 9.78 Å². The Morgan fingerprint density at radius 3 is 3.00 bits per heavy atom. The van der Waals surface area contributed by atoms with Gasteiger partial charge in [-0.25, -0.2) is 4.98 Å². The van der Waals surface area contributed by atoms with Crippen LogP contribution in [0.4, 0.5) is 11.4 Å². The Hall–Kier alpha value is -2.08. The van der Waals surface area contributed by atoms with Gasteiger partial charge < -0.3 is 11.1 Å². The van der Waals surface area contributed by atoms with Gasteiger partial charge in [0.05, 0.1) is 6.20 Å². The number of nitrogens with one attached hydrogen (secondary N) is 1. The van der Waals surface area contributed by atoms with Gasteiger partial charge in [0.2, 0.25) is 5.91 Å². The summed E-state index contributed by atoms with van der Waals surface area (Å²) in [7, 11) is 0. The topological polar surface area (TPSA) is 80.9 Å². The fourth-order valence-electron chi connectivity index (χ4n) is 1.61. The molecule has 1 aromatic heterocycles. The number of rotatable bonds is 6. The lowest BCUT2D eigenvalue weighted by atomic mass is 10.2. The van der Waals surface area contributed by atoms with Gasteiger partial charge in [0.25, 0.3) is 0 Å². The first kappa shape index (κ1) is 14.3. The highest BCUT2D eigenvalue weighted by Crippen LogP contribution is 2.16. The maximum absolute atomic E-state index is 11.7. The van der Waals surface area contributed by atoms with E-state index in [0.717, 1.165) is 22.9 Å². The molecule has 0 bridgehead atoms. The molecule has 6 heteroatoms. The predicted octanol–water partition coefficient (Wildman–Crippen LogP) is 2.57. The molecule has 0 aliphatic carbocycles. The second-order valence-electron chi connectivity index (χ2n) is 4.17. The smallest absolute Gasteiger partial charge is 0.224 e. The summed E-state index contributed by atoms with van der Waals surface area (Å²) in [6.45, 7) is 0. The minimum atomic E-state index is -0.00431. The Morgan fingerprint density at radius 2 is 2.25 bits per heavy atom. The van der Waals surface area contributed by atoms with E-state index in [1.54, 1.807) is 42.5 Å². The van der Waals surface area contributed by atoms with Crippen LogP contribution in [0, 0.1) is 0 Å². The summed E-state index contributed by atoms with van der Waals surface area (Å²) >= 11 is 1.60. The summed E-state index contributed by atoms with van der Waals surface area (Å²) in [4.78, 5) is 19.9. The Bertz CT molecular complexity index is 562. The molecule has 0 unspecified atom stereocenters. The van der Waals surface area contributed by atoms with E-state index in [1.165, 1.54) is 0 Å². The van der Waals surface area contributed by atoms with Crippen molar-refractivity contribution in [3.63, 3.8) is 0 Å². The van der Waals surface area contributed by atoms with Gasteiger partial charge in [-0.2, -0.15) is 0 Å². The molecule has 0 fully saturated rings. The van der Waals surface area contributed by atoms with Crippen LogP contribution in [0.5, 0.6) is 0 Å². The SMILES string of the molecule is Nc1cccc(NC(=O)CCCSc2cnccn2)c1. The fourth-order valence-corrected chi connectivity index (χ4v) is 2.38. The van der Waals surface area contributed by atoms with Crippen LogP contribution in [0.25, 0.3) is 0 Å². The van der Waals surface area contributed by atoms with Crippen molar-refractivity contribution in [1.82, 2.24) is 9.97 Å². The molecule has 0 saturated carbocycles. The zero-order valence-corrected chi connectivity index (χ0v) is 11.8. The minimum Gasteiger partial charge on any atom is -0.399 e. The Balaban J connectivity index is 1.68. The molecule has 0 radical (unpaired) electrons. The zero-order chi connectivity index (χ0) is 14.2. The molecule has 1 amide bonds. The molecule has 0 atom stereocenters. The van der Waals surface area contributed by atoms with E-state index in [9.17, 15) is 4.79 Å². The number of aromatic nitrogens is 2. The van der Waals surface area contributed by atoms with Crippen LogP contribution in [0.2, 0.25) is 0 Å². The average molecular weight is 288 g/mol. The molecule has 1 aromatic carbocycles. The van der Waals surface area contributed by atoms with Gasteiger partial charge >= 0.3 is 0 Å². The number of nitrogen functional groups attached to an aromatic ring is 1. The molecule has 0 saturated heterocycles. The Kier molecular flexibility index (Phi) is 5.37. The number of benzene rings is 1. The van der Waals surface area contributed by atoms with Crippen LogP contribution >= 0.6 is 11.8 Å². The maximum Gasteiger partial charge on any atom is 0.224 e. The van der Waals surface area contributed by atoms with Crippen LogP contribution in [0.1, 0.15) is 12.8 Å². The molecular formula is C14H16N4OS. The second kappa shape index (κ2) is 7.49. The summed E-state index contributed by atoms with van der Waals surface area (Å²) in [6, 6.07) is 7.16. The van der Waals surface area contributed by atoms with Gasteiger partial charge in [0.1, 0.15) is 5.03 Å². The third kappa shape index (κ3) is 4.89. The Labute approximate surface area is 122 Å². The summed E-state index contributed by atoms with van der Waals surface area (Å²) in [5, 5.41) is 3.70. The number of amides is 1. The van der Waals surface area contributed by atoms with Crippen molar-refractivity contribution in [2.45, 2.75) is 17.9 Å². The van der Waals surface area contributed by atoms with Gasteiger partial charge in [-0.1, -0.05) is 6.07 Å². The van der Waals surface area contributed by atoms with Crippen LogP contribution in [0.3, 0.4) is 0 Å². The van der Waals surface area contributed by atoms with Crippen molar-refractivity contribution >= 4 is 29.0 Å². The number of nitrogens with two attached hydrogens (primary N) is 1. The van der Waals surface area contributed by atoms with Crippen LogP contribution < -0.4 is 11.1 Å². The first-order chi connectivity index (χ1) is 9.74. The highest BCUT2D eigenvalue weighted by molar-refractivity contribution is 7.99. The predicted molar refractivity (Wildman–Crippen MR) is 81.5 cm³/mol. The summed E-state index contributed by atoms with van der Waals surface area (Å²) < 4.78 is 0. The molecule has 2 aromatic rings. The van der Waals surface area contributed by atoms with Gasteiger partial charge in [0.15, 0.2) is 0 Å². The largest absolute Gasteiger partial charge is 0.399 e. The third-order valence-corrected chi connectivity index (χ3v) is 3.51. The quantitative estimate of drug-likeness (QED) is 0.485. The molecule has 3 N–H and O–H groups in total. The standard InChI is InChI=1S/C14H16N4OS/c15-11-3-1-4-12(9-11)18-13(19)5-2-8-20-14-10-16-6-7-17-14/h1,3-4,6-7,9-10H,2,5,8,15H2,(H,18,19). The number of carbonyl (C=O) groups is 1. The molecule has 0 aliphatic rings. The fraction of sp³-hybridized carbons (Fsp3) is 0.214. The van der Waals surface area contributed by atoms with Crippen molar-refractivity contribution in [2.75, 3.05) is 16.8 Å². The highest BCUT2D eigenvalue weighted by atomic mass is 32.2. The van der Waals surface area contributed by atoms with E-state index in [1.807, 2.05) is 12.1 Å². The van der Waals surface area contributed by atoms with E-state index in [0.29, 0.717) is 12.1 Å². The monoisotopic (exact) mass is 288 g/mol.